The third-order valence-corrected chi connectivity index (χ3v) is 4.59. The fraction of sp³-hybridized carbons (Fsp3) is 0.333. The lowest BCUT2D eigenvalue weighted by molar-refractivity contribution is 0.108. The summed E-state index contributed by atoms with van der Waals surface area (Å²) in [5, 5.41) is 0. The number of hydrogen-bond acceptors (Lipinski definition) is 3. The zero-order valence-corrected chi connectivity index (χ0v) is 10.5. The van der Waals surface area contributed by atoms with Crippen LogP contribution in [0.2, 0.25) is 0 Å². The van der Waals surface area contributed by atoms with E-state index in [1.165, 1.54) is 10.4 Å². The van der Waals surface area contributed by atoms with Crippen LogP contribution in [0.15, 0.2) is 41.8 Å². The molecule has 0 aliphatic carbocycles. The van der Waals surface area contributed by atoms with E-state index < -0.39 is 16.3 Å². The van der Waals surface area contributed by atoms with Crippen molar-refractivity contribution in [3.05, 3.63) is 42.5 Å². The first kappa shape index (κ1) is 12.3. The molecule has 0 radical (unpaired) electrons. The number of aryl methyl sites for hydroxylation is 1. The fourth-order valence-electron chi connectivity index (χ4n) is 1.76. The largest absolute Gasteiger partial charge is 0.357 e. The van der Waals surface area contributed by atoms with Gasteiger partial charge in [0.05, 0.1) is 11.5 Å². The molecule has 0 unspecified atom stereocenters. The molecular weight excluding hydrogens is 238 g/mol. The molecule has 5 heteroatoms. The predicted molar refractivity (Wildman–Crippen MR) is 65.0 cm³/mol. The average molecular weight is 253 g/mol. The van der Waals surface area contributed by atoms with Gasteiger partial charge in [-0.1, -0.05) is 24.3 Å². The maximum atomic E-state index is 12.3. The molecule has 1 fully saturated rings. The molecule has 1 atom stereocenters. The molecule has 2 rings (SSSR count). The minimum atomic E-state index is -3.48. The monoisotopic (exact) mass is 253 g/mol. The third-order valence-electron chi connectivity index (χ3n) is 2.71. The van der Waals surface area contributed by atoms with Crippen molar-refractivity contribution < 1.29 is 13.2 Å². The van der Waals surface area contributed by atoms with Crippen LogP contribution in [0.1, 0.15) is 5.56 Å². The molecule has 0 spiro atoms. The van der Waals surface area contributed by atoms with Crippen molar-refractivity contribution >= 4 is 10.0 Å². The van der Waals surface area contributed by atoms with Crippen LogP contribution in [0.25, 0.3) is 0 Å². The molecule has 0 N–H and O–H groups in total. The van der Waals surface area contributed by atoms with E-state index in [2.05, 4.69) is 6.58 Å². The minimum Gasteiger partial charge on any atom is -0.357 e. The van der Waals surface area contributed by atoms with Crippen LogP contribution in [-0.4, -0.2) is 32.1 Å². The highest BCUT2D eigenvalue weighted by Gasteiger charge is 2.34. The summed E-state index contributed by atoms with van der Waals surface area (Å²) in [5.41, 5.74) is 1.03. The van der Waals surface area contributed by atoms with Gasteiger partial charge in [-0.3, -0.25) is 0 Å². The highest BCUT2D eigenvalue weighted by Crippen LogP contribution is 2.22. The molecule has 92 valence electrons. The topological polar surface area (TPSA) is 46.6 Å². The number of ether oxygens (including phenoxy) is 1. The van der Waals surface area contributed by atoms with Crippen molar-refractivity contribution in [3.63, 3.8) is 0 Å². The molecule has 17 heavy (non-hydrogen) atoms. The maximum Gasteiger partial charge on any atom is 0.245 e. The molecule has 1 aromatic rings. The zero-order chi connectivity index (χ0) is 12.5. The van der Waals surface area contributed by atoms with Crippen LogP contribution in [0.3, 0.4) is 0 Å². The molecule has 1 aromatic carbocycles. The van der Waals surface area contributed by atoms with E-state index >= 15 is 0 Å². The fourth-order valence-corrected chi connectivity index (χ4v) is 3.25. The van der Waals surface area contributed by atoms with Crippen molar-refractivity contribution in [3.8, 4) is 0 Å². The SMILES string of the molecule is C=C[C@H]1OCCN1S(=O)(=O)c1ccc(C)cc1. The summed E-state index contributed by atoms with van der Waals surface area (Å²) in [6, 6.07) is 6.80. The second kappa shape index (κ2) is 4.60. The highest BCUT2D eigenvalue weighted by molar-refractivity contribution is 7.89. The summed E-state index contributed by atoms with van der Waals surface area (Å²) in [6.45, 7) is 6.27. The van der Waals surface area contributed by atoms with Gasteiger partial charge in [0.1, 0.15) is 6.23 Å². The molecule has 1 aliphatic heterocycles. The summed E-state index contributed by atoms with van der Waals surface area (Å²) >= 11 is 0. The van der Waals surface area contributed by atoms with Crippen molar-refractivity contribution in [2.75, 3.05) is 13.2 Å². The van der Waals surface area contributed by atoms with Gasteiger partial charge in [0, 0.05) is 6.54 Å². The lowest BCUT2D eigenvalue weighted by atomic mass is 10.2. The van der Waals surface area contributed by atoms with E-state index in [-0.39, 0.29) is 0 Å². The summed E-state index contributed by atoms with van der Waals surface area (Å²) in [6.07, 6.45) is 0.944. The van der Waals surface area contributed by atoms with Gasteiger partial charge in [-0.2, -0.15) is 4.31 Å². The predicted octanol–water partition coefficient (Wildman–Crippen LogP) is 1.53. The van der Waals surface area contributed by atoms with Crippen molar-refractivity contribution in [1.29, 1.82) is 0 Å². The first-order chi connectivity index (χ1) is 8.05. The first-order valence-corrected chi connectivity index (χ1v) is 6.82. The van der Waals surface area contributed by atoms with Crippen molar-refractivity contribution in [2.45, 2.75) is 18.0 Å². The Kier molecular flexibility index (Phi) is 3.33. The molecule has 1 aliphatic rings. The second-order valence-corrected chi connectivity index (χ2v) is 5.82. The summed E-state index contributed by atoms with van der Waals surface area (Å²) in [7, 11) is -3.48. The molecule has 0 aromatic heterocycles. The van der Waals surface area contributed by atoms with Gasteiger partial charge >= 0.3 is 0 Å². The Morgan fingerprint density at radius 3 is 2.65 bits per heavy atom. The van der Waals surface area contributed by atoms with E-state index in [0.29, 0.717) is 18.0 Å². The molecule has 0 saturated carbocycles. The molecule has 4 nitrogen and oxygen atoms in total. The molecule has 1 saturated heterocycles. The molecule has 0 bridgehead atoms. The Morgan fingerprint density at radius 2 is 2.06 bits per heavy atom. The van der Waals surface area contributed by atoms with E-state index in [9.17, 15) is 8.42 Å². The van der Waals surface area contributed by atoms with Crippen LogP contribution >= 0.6 is 0 Å². The van der Waals surface area contributed by atoms with Gasteiger partial charge in [-0.15, -0.1) is 0 Å². The number of benzene rings is 1. The third kappa shape index (κ3) is 2.26. The Balaban J connectivity index is 2.36. The first-order valence-electron chi connectivity index (χ1n) is 5.38. The van der Waals surface area contributed by atoms with Crippen LogP contribution in [0, 0.1) is 6.92 Å². The summed E-state index contributed by atoms with van der Waals surface area (Å²) in [5.74, 6) is 0. The van der Waals surface area contributed by atoms with E-state index in [0.717, 1.165) is 5.56 Å². The Morgan fingerprint density at radius 1 is 1.41 bits per heavy atom. The van der Waals surface area contributed by atoms with E-state index in [1.54, 1.807) is 24.3 Å². The van der Waals surface area contributed by atoms with Gasteiger partial charge in [0.2, 0.25) is 10.0 Å². The highest BCUT2D eigenvalue weighted by atomic mass is 32.2. The van der Waals surface area contributed by atoms with Crippen LogP contribution in [-0.2, 0) is 14.8 Å². The van der Waals surface area contributed by atoms with Crippen LogP contribution < -0.4 is 0 Å². The Labute approximate surface area is 102 Å². The zero-order valence-electron chi connectivity index (χ0n) is 9.67. The lowest BCUT2D eigenvalue weighted by Gasteiger charge is -2.19. The Hall–Kier alpha value is -1.17. The number of rotatable bonds is 3. The van der Waals surface area contributed by atoms with Gasteiger partial charge in [0.25, 0.3) is 0 Å². The Bertz CT molecular complexity index is 507. The van der Waals surface area contributed by atoms with Gasteiger partial charge in [-0.25, -0.2) is 8.42 Å². The van der Waals surface area contributed by atoms with Gasteiger partial charge in [0.15, 0.2) is 0 Å². The number of hydrogen-bond donors (Lipinski definition) is 0. The van der Waals surface area contributed by atoms with Crippen LogP contribution in [0.4, 0.5) is 0 Å². The lowest BCUT2D eigenvalue weighted by Crippen LogP contribution is -2.34. The molecule has 1 heterocycles. The second-order valence-electron chi connectivity index (χ2n) is 3.93. The van der Waals surface area contributed by atoms with Crippen molar-refractivity contribution in [2.24, 2.45) is 0 Å². The average Bonchev–Trinajstić information content (AvgIpc) is 2.78. The minimum absolute atomic E-state index is 0.292. The van der Waals surface area contributed by atoms with E-state index in [1.807, 2.05) is 6.92 Å². The van der Waals surface area contributed by atoms with Gasteiger partial charge in [-0.05, 0) is 25.1 Å². The van der Waals surface area contributed by atoms with Crippen molar-refractivity contribution in [1.82, 2.24) is 4.31 Å². The standard InChI is InChI=1S/C12H15NO3S/c1-3-12-13(8-9-16-12)17(14,15)11-6-4-10(2)5-7-11/h3-7,12H,1,8-9H2,2H3/t12-/m1/s1. The summed E-state index contributed by atoms with van der Waals surface area (Å²) < 4.78 is 31.2. The number of nitrogens with zero attached hydrogens (tertiary/aromatic N) is 1. The maximum absolute atomic E-state index is 12.3. The smallest absolute Gasteiger partial charge is 0.245 e. The molecular formula is C12H15NO3S. The summed E-state index contributed by atoms with van der Waals surface area (Å²) in [4.78, 5) is 0.292. The van der Waals surface area contributed by atoms with E-state index in [4.69, 9.17) is 4.74 Å². The number of sulfonamides is 1. The molecule has 0 amide bonds. The quantitative estimate of drug-likeness (QED) is 0.767. The van der Waals surface area contributed by atoms with Gasteiger partial charge < -0.3 is 4.74 Å². The van der Waals surface area contributed by atoms with Crippen LogP contribution in [0.5, 0.6) is 0 Å². The normalized spacial score (nSPS) is 21.6.